The average molecular weight is 487 g/mol. The third-order valence-corrected chi connectivity index (χ3v) is 7.06. The van der Waals surface area contributed by atoms with E-state index in [1.54, 1.807) is 12.0 Å². The lowest BCUT2D eigenvalue weighted by molar-refractivity contribution is -0.128. The van der Waals surface area contributed by atoms with E-state index in [9.17, 15) is 4.79 Å². The topological polar surface area (TPSA) is 60.3 Å². The van der Waals surface area contributed by atoms with E-state index in [0.29, 0.717) is 6.54 Å². The first-order valence-corrected chi connectivity index (χ1v) is 12.6. The number of para-hydroxylation sites is 1. The van der Waals surface area contributed by atoms with Gasteiger partial charge in [-0.2, -0.15) is 0 Å². The van der Waals surface area contributed by atoms with Crippen molar-refractivity contribution in [1.29, 1.82) is 0 Å². The molecule has 4 rings (SSSR count). The summed E-state index contributed by atoms with van der Waals surface area (Å²) in [6.07, 6.45) is 0.827. The van der Waals surface area contributed by atoms with E-state index in [1.807, 2.05) is 86.8 Å². The largest absolute Gasteiger partial charge is 0.496 e. The normalized spacial score (nSPS) is 11.7. The minimum atomic E-state index is -0.00982. The fourth-order valence-electron chi connectivity index (χ4n) is 3.91. The molecule has 3 aromatic carbocycles. The summed E-state index contributed by atoms with van der Waals surface area (Å²) >= 11 is 1.42. The lowest BCUT2D eigenvalue weighted by Gasteiger charge is -2.25. The molecule has 1 amide bonds. The van der Waals surface area contributed by atoms with Crippen LogP contribution in [0.1, 0.15) is 24.1 Å². The number of aryl methyl sites for hydroxylation is 1. The number of hydrogen-bond donors (Lipinski definition) is 0. The lowest BCUT2D eigenvalue weighted by Crippen LogP contribution is -2.31. The zero-order valence-corrected chi connectivity index (χ0v) is 21.1. The Bertz CT molecular complexity index is 1240. The summed E-state index contributed by atoms with van der Waals surface area (Å²) in [5.41, 5.74) is 3.22. The number of hydrogen-bond acceptors (Lipinski definition) is 5. The Labute approximate surface area is 211 Å². The summed E-state index contributed by atoms with van der Waals surface area (Å²) in [7, 11) is 3.50. The first-order chi connectivity index (χ1) is 17.1. The van der Waals surface area contributed by atoms with Crippen molar-refractivity contribution in [1.82, 2.24) is 19.7 Å². The highest BCUT2D eigenvalue weighted by atomic mass is 32.2. The molecule has 6 nitrogen and oxygen atoms in total. The second-order valence-corrected chi connectivity index (χ2v) is 9.22. The van der Waals surface area contributed by atoms with E-state index in [0.717, 1.165) is 34.3 Å². The molecule has 0 aliphatic heterocycles. The Balaban J connectivity index is 1.54. The van der Waals surface area contributed by atoms with Crippen LogP contribution in [0.3, 0.4) is 0 Å². The number of carbonyl (C=O) groups excluding carboxylic acids is 1. The molecule has 0 bridgehead atoms. The number of aromatic nitrogens is 3. The lowest BCUT2D eigenvalue weighted by atomic mass is 10.1. The SMILES string of the molecule is COc1ccccc1-c1nnc(SCC(=O)N(C)C(C)c2ccccc2)n1CCc1ccccc1. The van der Waals surface area contributed by atoms with E-state index < -0.39 is 0 Å². The van der Waals surface area contributed by atoms with Gasteiger partial charge in [0.1, 0.15) is 5.75 Å². The first kappa shape index (κ1) is 24.5. The highest BCUT2D eigenvalue weighted by Crippen LogP contribution is 2.31. The second-order valence-electron chi connectivity index (χ2n) is 8.27. The summed E-state index contributed by atoms with van der Waals surface area (Å²) in [5, 5.41) is 9.68. The van der Waals surface area contributed by atoms with Gasteiger partial charge in [0.25, 0.3) is 0 Å². The number of amides is 1. The van der Waals surface area contributed by atoms with Gasteiger partial charge in [-0.05, 0) is 36.6 Å². The Kier molecular flexibility index (Phi) is 8.21. The molecule has 0 saturated heterocycles. The van der Waals surface area contributed by atoms with Crippen molar-refractivity contribution >= 4 is 17.7 Å². The number of ether oxygens (including phenoxy) is 1. The van der Waals surface area contributed by atoms with Gasteiger partial charge in [0.05, 0.1) is 24.5 Å². The molecule has 0 N–H and O–H groups in total. The molecule has 4 aromatic rings. The van der Waals surface area contributed by atoms with Crippen molar-refractivity contribution in [3.05, 3.63) is 96.1 Å². The predicted octanol–water partition coefficient (Wildman–Crippen LogP) is 5.51. The molecule has 1 unspecified atom stereocenters. The Hall–Kier alpha value is -3.58. The van der Waals surface area contributed by atoms with Crippen molar-refractivity contribution < 1.29 is 9.53 Å². The van der Waals surface area contributed by atoms with Crippen molar-refractivity contribution in [3.63, 3.8) is 0 Å². The number of rotatable bonds is 10. The zero-order valence-electron chi connectivity index (χ0n) is 20.3. The van der Waals surface area contributed by atoms with Crippen LogP contribution in [-0.2, 0) is 17.8 Å². The maximum absolute atomic E-state index is 13.0. The molecular weight excluding hydrogens is 456 g/mol. The van der Waals surface area contributed by atoms with Crippen LogP contribution in [0.5, 0.6) is 5.75 Å². The van der Waals surface area contributed by atoms with E-state index >= 15 is 0 Å². The van der Waals surface area contributed by atoms with Gasteiger partial charge in [0, 0.05) is 13.6 Å². The van der Waals surface area contributed by atoms with Gasteiger partial charge in [-0.1, -0.05) is 84.6 Å². The van der Waals surface area contributed by atoms with Crippen LogP contribution in [0, 0.1) is 0 Å². The van der Waals surface area contributed by atoms with Gasteiger partial charge < -0.3 is 14.2 Å². The van der Waals surface area contributed by atoms with Crippen LogP contribution in [0.15, 0.2) is 90.1 Å². The second kappa shape index (κ2) is 11.7. The highest BCUT2D eigenvalue weighted by molar-refractivity contribution is 7.99. The van der Waals surface area contributed by atoms with Crippen LogP contribution in [0.25, 0.3) is 11.4 Å². The predicted molar refractivity (Wildman–Crippen MR) is 141 cm³/mol. The molecule has 1 aromatic heterocycles. The molecule has 1 heterocycles. The number of thioether (sulfide) groups is 1. The molecule has 180 valence electrons. The summed E-state index contributed by atoms with van der Waals surface area (Å²) in [6, 6.07) is 28.2. The quantitative estimate of drug-likeness (QED) is 0.277. The Morgan fingerprint density at radius 2 is 1.63 bits per heavy atom. The molecule has 1 atom stereocenters. The molecule has 0 aliphatic carbocycles. The van der Waals surface area contributed by atoms with Gasteiger partial charge in [-0.3, -0.25) is 4.79 Å². The fraction of sp³-hybridized carbons (Fsp3) is 0.250. The zero-order chi connectivity index (χ0) is 24.6. The van der Waals surface area contributed by atoms with Crippen LogP contribution >= 0.6 is 11.8 Å². The molecule has 0 fully saturated rings. The number of carbonyl (C=O) groups is 1. The highest BCUT2D eigenvalue weighted by Gasteiger charge is 2.21. The maximum Gasteiger partial charge on any atom is 0.233 e. The monoisotopic (exact) mass is 486 g/mol. The van der Waals surface area contributed by atoms with Crippen LogP contribution in [0.4, 0.5) is 0 Å². The van der Waals surface area contributed by atoms with Gasteiger partial charge in [-0.15, -0.1) is 10.2 Å². The summed E-state index contributed by atoms with van der Waals surface area (Å²) in [5.74, 6) is 1.80. The summed E-state index contributed by atoms with van der Waals surface area (Å²) < 4.78 is 7.66. The number of methoxy groups -OCH3 is 1. The van der Waals surface area contributed by atoms with Gasteiger partial charge in [0.2, 0.25) is 5.91 Å². The smallest absolute Gasteiger partial charge is 0.233 e. The standard InChI is InChI=1S/C28H30N4O2S/c1-21(23-14-8-5-9-15-23)31(2)26(33)20-35-28-30-29-27(24-16-10-11-17-25(24)34-3)32(28)19-18-22-12-6-4-7-13-22/h4-17,21H,18-20H2,1-3H3. The van der Waals surface area contributed by atoms with Crippen LogP contribution in [-0.4, -0.2) is 45.5 Å². The van der Waals surface area contributed by atoms with Crippen molar-refractivity contribution in [2.75, 3.05) is 19.9 Å². The fourth-order valence-corrected chi connectivity index (χ4v) is 4.80. The number of benzene rings is 3. The van der Waals surface area contributed by atoms with Crippen LogP contribution < -0.4 is 4.74 Å². The molecular formula is C28H30N4O2S. The molecule has 0 radical (unpaired) electrons. The molecule has 0 saturated carbocycles. The van der Waals surface area contributed by atoms with E-state index in [2.05, 4.69) is 26.9 Å². The summed E-state index contributed by atoms with van der Waals surface area (Å²) in [6.45, 7) is 2.73. The average Bonchev–Trinajstić information content (AvgIpc) is 3.33. The Morgan fingerprint density at radius 1 is 0.971 bits per heavy atom. The Morgan fingerprint density at radius 3 is 2.34 bits per heavy atom. The van der Waals surface area contributed by atoms with Crippen molar-refractivity contribution in [2.45, 2.75) is 31.1 Å². The molecule has 35 heavy (non-hydrogen) atoms. The first-order valence-electron chi connectivity index (χ1n) is 11.6. The van der Waals surface area contributed by atoms with Gasteiger partial charge in [0.15, 0.2) is 11.0 Å². The van der Waals surface area contributed by atoms with Crippen molar-refractivity contribution in [3.8, 4) is 17.1 Å². The molecule has 0 aliphatic rings. The third-order valence-electron chi connectivity index (χ3n) is 6.11. The van der Waals surface area contributed by atoms with Gasteiger partial charge in [-0.25, -0.2) is 0 Å². The van der Waals surface area contributed by atoms with E-state index in [-0.39, 0.29) is 17.7 Å². The minimum Gasteiger partial charge on any atom is -0.496 e. The van der Waals surface area contributed by atoms with E-state index in [4.69, 9.17) is 4.74 Å². The molecule has 0 spiro atoms. The minimum absolute atomic E-state index is 0.00982. The summed E-state index contributed by atoms with van der Waals surface area (Å²) in [4.78, 5) is 14.8. The van der Waals surface area contributed by atoms with Crippen molar-refractivity contribution in [2.24, 2.45) is 0 Å². The van der Waals surface area contributed by atoms with Crippen LogP contribution in [0.2, 0.25) is 0 Å². The van der Waals surface area contributed by atoms with E-state index in [1.165, 1.54) is 17.3 Å². The maximum atomic E-state index is 13.0. The van der Waals surface area contributed by atoms with Gasteiger partial charge >= 0.3 is 0 Å². The third kappa shape index (κ3) is 5.92. The number of nitrogens with zero attached hydrogens (tertiary/aromatic N) is 4. The molecule has 7 heteroatoms.